The zero-order valence-corrected chi connectivity index (χ0v) is 14.9. The standard InChI is InChI=1S/C15H19BN2S3/c1-6-3-8(17-5-6)4-9-10-7(2)13(19)14(20)11(16)12(10)18-15(9)21/h6,8,17-21H,3-5H2,1-2H3. The van der Waals surface area contributed by atoms with Crippen LogP contribution in [0.25, 0.3) is 10.9 Å². The van der Waals surface area contributed by atoms with E-state index in [1.807, 2.05) is 0 Å². The van der Waals surface area contributed by atoms with Crippen LogP contribution in [0.5, 0.6) is 0 Å². The maximum absolute atomic E-state index is 6.19. The second-order valence-corrected chi connectivity index (χ2v) is 7.43. The molecule has 2 atom stereocenters. The van der Waals surface area contributed by atoms with E-state index >= 15 is 0 Å². The molecule has 0 amide bonds. The molecule has 1 aliphatic rings. The Hall–Kier alpha value is -0.165. The number of nitrogens with one attached hydrogen (secondary N) is 2. The van der Waals surface area contributed by atoms with Crippen molar-refractivity contribution in [3.05, 3.63) is 11.1 Å². The Morgan fingerprint density at radius 2 is 1.95 bits per heavy atom. The molecule has 1 aliphatic heterocycles. The summed E-state index contributed by atoms with van der Waals surface area (Å²) >= 11 is 13.7. The lowest BCUT2D eigenvalue weighted by Gasteiger charge is -2.14. The second kappa shape index (κ2) is 5.80. The Balaban J connectivity index is 2.12. The van der Waals surface area contributed by atoms with Gasteiger partial charge >= 0.3 is 0 Å². The normalized spacial score (nSPS) is 22.3. The van der Waals surface area contributed by atoms with Crippen molar-refractivity contribution in [3.63, 3.8) is 0 Å². The molecule has 21 heavy (non-hydrogen) atoms. The summed E-state index contributed by atoms with van der Waals surface area (Å²) in [5.41, 5.74) is 3.93. The molecule has 2 N–H and O–H groups in total. The minimum atomic E-state index is 0.504. The van der Waals surface area contributed by atoms with Gasteiger partial charge in [0.05, 0.1) is 5.03 Å². The summed E-state index contributed by atoms with van der Waals surface area (Å²) in [4.78, 5) is 4.90. The number of thiol groups is 3. The number of aromatic nitrogens is 1. The number of H-pyrrole nitrogens is 1. The van der Waals surface area contributed by atoms with Crippen molar-refractivity contribution < 1.29 is 0 Å². The van der Waals surface area contributed by atoms with E-state index in [1.54, 1.807) is 0 Å². The van der Waals surface area contributed by atoms with Gasteiger partial charge in [-0.2, -0.15) is 0 Å². The molecule has 1 aromatic heterocycles. The molecule has 1 aromatic carbocycles. The lowest BCUT2D eigenvalue weighted by atomic mass is 9.90. The average Bonchev–Trinajstić information content (AvgIpc) is 2.99. The maximum atomic E-state index is 6.19. The fourth-order valence-electron chi connectivity index (χ4n) is 3.30. The molecule has 0 spiro atoms. The van der Waals surface area contributed by atoms with E-state index in [0.29, 0.717) is 11.5 Å². The molecule has 1 fully saturated rings. The SMILES string of the molecule is [B]c1c(S)c(S)c(C)c2c(CC3CC(C)CN3)c(S)[nH]c12. The summed E-state index contributed by atoms with van der Waals surface area (Å²) in [7, 11) is 6.19. The highest BCUT2D eigenvalue weighted by Gasteiger charge is 2.24. The molecule has 110 valence electrons. The van der Waals surface area contributed by atoms with Gasteiger partial charge in [0.1, 0.15) is 7.85 Å². The predicted octanol–water partition coefficient (Wildman–Crippen LogP) is 2.68. The van der Waals surface area contributed by atoms with Crippen molar-refractivity contribution in [1.29, 1.82) is 0 Å². The Bertz CT molecular complexity index is 711. The zero-order chi connectivity index (χ0) is 15.3. The molecule has 0 aliphatic carbocycles. The van der Waals surface area contributed by atoms with E-state index in [2.05, 4.69) is 62.0 Å². The molecule has 2 radical (unpaired) electrons. The zero-order valence-electron chi connectivity index (χ0n) is 12.2. The summed E-state index contributed by atoms with van der Waals surface area (Å²) in [6.07, 6.45) is 2.16. The fraction of sp³-hybridized carbons (Fsp3) is 0.467. The van der Waals surface area contributed by atoms with Gasteiger partial charge in [0, 0.05) is 26.7 Å². The van der Waals surface area contributed by atoms with E-state index < -0.39 is 0 Å². The summed E-state index contributed by atoms with van der Waals surface area (Å²) in [6, 6.07) is 0.504. The number of aromatic amines is 1. The summed E-state index contributed by atoms with van der Waals surface area (Å²) in [5, 5.41) is 5.63. The molecular weight excluding hydrogens is 315 g/mol. The molecule has 3 rings (SSSR count). The number of hydrogen-bond donors (Lipinski definition) is 5. The lowest BCUT2D eigenvalue weighted by Crippen LogP contribution is -2.23. The molecule has 0 bridgehead atoms. The van der Waals surface area contributed by atoms with Gasteiger partial charge in [-0.3, -0.25) is 0 Å². The van der Waals surface area contributed by atoms with Gasteiger partial charge in [-0.1, -0.05) is 12.4 Å². The quantitative estimate of drug-likeness (QED) is 0.424. The van der Waals surface area contributed by atoms with Crippen molar-refractivity contribution in [3.8, 4) is 0 Å². The molecular formula is C15H19BN2S3. The first-order chi connectivity index (χ1) is 9.90. The third-order valence-electron chi connectivity index (χ3n) is 4.45. The van der Waals surface area contributed by atoms with Crippen molar-refractivity contribution in [1.82, 2.24) is 10.3 Å². The van der Waals surface area contributed by atoms with Crippen LogP contribution in [-0.4, -0.2) is 25.4 Å². The van der Waals surface area contributed by atoms with Gasteiger partial charge in [-0.05, 0) is 43.4 Å². The Morgan fingerprint density at radius 1 is 1.24 bits per heavy atom. The van der Waals surface area contributed by atoms with Gasteiger partial charge < -0.3 is 10.3 Å². The number of rotatable bonds is 2. The van der Waals surface area contributed by atoms with Gasteiger partial charge in [0.25, 0.3) is 0 Å². The first kappa shape index (κ1) is 15.7. The number of fused-ring (bicyclic) bond motifs is 1. The molecule has 1 saturated heterocycles. The highest BCUT2D eigenvalue weighted by Crippen LogP contribution is 2.34. The largest absolute Gasteiger partial charge is 0.350 e. The van der Waals surface area contributed by atoms with Crippen LogP contribution < -0.4 is 10.8 Å². The Morgan fingerprint density at radius 3 is 2.57 bits per heavy atom. The van der Waals surface area contributed by atoms with Crippen molar-refractivity contribution in [2.24, 2.45) is 5.92 Å². The molecule has 2 unspecified atom stereocenters. The van der Waals surface area contributed by atoms with Crippen LogP contribution in [0.4, 0.5) is 0 Å². The Labute approximate surface area is 143 Å². The molecule has 2 nitrogen and oxygen atoms in total. The first-order valence-corrected chi connectivity index (χ1v) is 8.51. The lowest BCUT2D eigenvalue weighted by molar-refractivity contribution is 0.579. The Kier molecular flexibility index (Phi) is 4.34. The van der Waals surface area contributed by atoms with E-state index in [1.165, 1.54) is 12.0 Å². The van der Waals surface area contributed by atoms with E-state index in [9.17, 15) is 0 Å². The van der Waals surface area contributed by atoms with Crippen LogP contribution in [-0.2, 0) is 6.42 Å². The average molecular weight is 334 g/mol. The third kappa shape index (κ3) is 2.65. The maximum Gasteiger partial charge on any atom is 0.118 e. The molecule has 0 saturated carbocycles. The number of aryl methyl sites for hydroxylation is 1. The highest BCUT2D eigenvalue weighted by atomic mass is 32.1. The van der Waals surface area contributed by atoms with Gasteiger partial charge in [-0.15, -0.1) is 37.9 Å². The van der Waals surface area contributed by atoms with E-state index in [-0.39, 0.29) is 0 Å². The van der Waals surface area contributed by atoms with Crippen LogP contribution in [0, 0.1) is 12.8 Å². The van der Waals surface area contributed by atoms with Gasteiger partial charge in [0.15, 0.2) is 0 Å². The van der Waals surface area contributed by atoms with Crippen LogP contribution in [0.2, 0.25) is 0 Å². The van der Waals surface area contributed by atoms with E-state index in [4.69, 9.17) is 7.85 Å². The second-order valence-electron chi connectivity index (χ2n) is 6.09. The fourth-order valence-corrected chi connectivity index (χ4v) is 4.13. The van der Waals surface area contributed by atoms with Crippen molar-refractivity contribution in [2.75, 3.05) is 6.54 Å². The minimum absolute atomic E-state index is 0.504. The van der Waals surface area contributed by atoms with Crippen molar-refractivity contribution >= 4 is 62.1 Å². The summed E-state index contributed by atoms with van der Waals surface area (Å²) in [6.45, 7) is 5.44. The highest BCUT2D eigenvalue weighted by molar-refractivity contribution is 7.83. The number of hydrogen-bond acceptors (Lipinski definition) is 4. The summed E-state index contributed by atoms with van der Waals surface area (Å²) in [5.74, 6) is 0.735. The van der Waals surface area contributed by atoms with Crippen LogP contribution in [0.15, 0.2) is 14.8 Å². The van der Waals surface area contributed by atoms with Crippen LogP contribution in [0.3, 0.4) is 0 Å². The monoisotopic (exact) mass is 334 g/mol. The van der Waals surface area contributed by atoms with Gasteiger partial charge in [0.2, 0.25) is 0 Å². The number of benzene rings is 1. The minimum Gasteiger partial charge on any atom is -0.350 e. The smallest absolute Gasteiger partial charge is 0.118 e. The predicted molar refractivity (Wildman–Crippen MR) is 99.5 cm³/mol. The molecule has 6 heteroatoms. The van der Waals surface area contributed by atoms with Crippen molar-refractivity contribution in [2.45, 2.75) is 47.5 Å². The van der Waals surface area contributed by atoms with Gasteiger partial charge in [-0.25, -0.2) is 0 Å². The molecule has 2 aromatic rings. The topological polar surface area (TPSA) is 27.8 Å². The van der Waals surface area contributed by atoms with Crippen LogP contribution in [0.1, 0.15) is 24.5 Å². The third-order valence-corrected chi connectivity index (χ3v) is 6.03. The summed E-state index contributed by atoms with van der Waals surface area (Å²) < 4.78 is 0. The van der Waals surface area contributed by atoms with E-state index in [0.717, 1.165) is 50.2 Å². The van der Waals surface area contributed by atoms with Crippen LogP contribution >= 0.6 is 37.9 Å². The first-order valence-electron chi connectivity index (χ1n) is 7.17. The molecule has 2 heterocycles.